The Morgan fingerprint density at radius 2 is 1.81 bits per heavy atom. The molecule has 1 atom stereocenters. The van der Waals surface area contributed by atoms with Crippen LogP contribution >= 0.6 is 0 Å². The van der Waals surface area contributed by atoms with Crippen molar-refractivity contribution in [1.82, 2.24) is 14.7 Å². The van der Waals surface area contributed by atoms with Gasteiger partial charge in [0, 0.05) is 57.5 Å². The van der Waals surface area contributed by atoms with E-state index in [0.717, 1.165) is 39.3 Å². The molecule has 0 aromatic carbocycles. The maximum Gasteiger partial charge on any atom is 0.248 e. The van der Waals surface area contributed by atoms with E-state index in [9.17, 15) is 13.6 Å². The van der Waals surface area contributed by atoms with Gasteiger partial charge in [0.2, 0.25) is 11.8 Å². The van der Waals surface area contributed by atoms with Crippen LogP contribution in [0.2, 0.25) is 0 Å². The molecule has 148 valence electrons. The first kappa shape index (κ1) is 18.6. The fourth-order valence-corrected chi connectivity index (χ4v) is 5.37. The molecule has 3 saturated heterocycles. The number of hydrogen-bond acceptors (Lipinski definition) is 4. The number of nitrogens with zero attached hydrogens (tertiary/aromatic N) is 3. The lowest BCUT2D eigenvalue weighted by Gasteiger charge is -2.65. The number of ether oxygens (including phenoxy) is 1. The third-order valence-electron chi connectivity index (χ3n) is 6.76. The maximum absolute atomic E-state index is 13.5. The number of rotatable bonds is 2. The topological polar surface area (TPSA) is 36.0 Å². The molecule has 5 nitrogen and oxygen atoms in total. The van der Waals surface area contributed by atoms with Gasteiger partial charge in [-0.25, -0.2) is 8.78 Å². The quantitative estimate of drug-likeness (QED) is 0.742. The van der Waals surface area contributed by atoms with Crippen molar-refractivity contribution in [1.29, 1.82) is 0 Å². The highest BCUT2D eigenvalue weighted by atomic mass is 19.3. The fraction of sp³-hybridized carbons (Fsp3) is 0.947. The molecule has 4 aliphatic rings. The van der Waals surface area contributed by atoms with Gasteiger partial charge in [-0.2, -0.15) is 0 Å². The summed E-state index contributed by atoms with van der Waals surface area (Å²) in [4.78, 5) is 19.6. The van der Waals surface area contributed by atoms with Crippen LogP contribution in [0.25, 0.3) is 0 Å². The second kappa shape index (κ2) is 6.67. The molecule has 1 aliphatic carbocycles. The third-order valence-corrected chi connectivity index (χ3v) is 6.76. The van der Waals surface area contributed by atoms with Crippen LogP contribution < -0.4 is 0 Å². The van der Waals surface area contributed by atoms with Gasteiger partial charge in [-0.15, -0.1) is 0 Å². The van der Waals surface area contributed by atoms with Crippen molar-refractivity contribution >= 4 is 5.91 Å². The Labute approximate surface area is 154 Å². The molecular weight excluding hydrogens is 340 g/mol. The summed E-state index contributed by atoms with van der Waals surface area (Å²) in [5.74, 6) is -2.26. The Morgan fingerprint density at radius 3 is 2.46 bits per heavy atom. The SMILES string of the molecule is CC(C)C(=O)N1C[C@@H]2COCCN2C2(C1)CN(C1CCC(F)(F)CC1)C2. The zero-order valence-electron chi connectivity index (χ0n) is 15.9. The Kier molecular flexibility index (Phi) is 4.77. The number of likely N-dealkylation sites (tertiary alicyclic amines) is 1. The lowest BCUT2D eigenvalue weighted by Crippen LogP contribution is -2.82. The van der Waals surface area contributed by atoms with Gasteiger partial charge in [0.1, 0.15) is 0 Å². The van der Waals surface area contributed by atoms with E-state index in [1.54, 1.807) is 0 Å². The molecule has 0 unspecified atom stereocenters. The summed E-state index contributed by atoms with van der Waals surface area (Å²) in [5.41, 5.74) is -0.0167. The van der Waals surface area contributed by atoms with Crippen molar-refractivity contribution in [3.05, 3.63) is 0 Å². The fourth-order valence-electron chi connectivity index (χ4n) is 5.37. The minimum absolute atomic E-state index is 0.000126. The average molecular weight is 371 g/mol. The van der Waals surface area contributed by atoms with E-state index in [-0.39, 0.29) is 42.3 Å². The number of hydrogen-bond donors (Lipinski definition) is 0. The molecule has 3 heterocycles. The van der Waals surface area contributed by atoms with Crippen LogP contribution in [0.3, 0.4) is 0 Å². The number of carbonyl (C=O) groups is 1. The van der Waals surface area contributed by atoms with Gasteiger partial charge >= 0.3 is 0 Å². The number of fused-ring (bicyclic) bond motifs is 2. The first-order chi connectivity index (χ1) is 12.3. The smallest absolute Gasteiger partial charge is 0.248 e. The number of piperazine rings is 1. The summed E-state index contributed by atoms with van der Waals surface area (Å²) in [7, 11) is 0. The summed E-state index contributed by atoms with van der Waals surface area (Å²) in [6, 6.07) is 0.536. The highest BCUT2D eigenvalue weighted by molar-refractivity contribution is 5.78. The molecule has 0 bridgehead atoms. The number of morpholine rings is 1. The number of halogens is 2. The van der Waals surface area contributed by atoms with Crippen molar-refractivity contribution in [2.75, 3.05) is 45.9 Å². The largest absolute Gasteiger partial charge is 0.378 e. The van der Waals surface area contributed by atoms with E-state index < -0.39 is 5.92 Å². The molecule has 0 aromatic rings. The van der Waals surface area contributed by atoms with Crippen molar-refractivity contribution in [2.45, 2.75) is 63.1 Å². The molecule has 4 rings (SSSR count). The molecular formula is C19H31F2N3O2. The minimum Gasteiger partial charge on any atom is -0.378 e. The highest BCUT2D eigenvalue weighted by Crippen LogP contribution is 2.41. The minimum atomic E-state index is -2.47. The second-order valence-corrected chi connectivity index (χ2v) is 9.01. The van der Waals surface area contributed by atoms with Gasteiger partial charge in [-0.05, 0) is 12.8 Å². The lowest BCUT2D eigenvalue weighted by atomic mass is 9.79. The maximum atomic E-state index is 13.5. The van der Waals surface area contributed by atoms with Gasteiger partial charge in [-0.3, -0.25) is 14.6 Å². The molecule has 1 amide bonds. The zero-order chi connectivity index (χ0) is 18.5. The van der Waals surface area contributed by atoms with Gasteiger partial charge in [-0.1, -0.05) is 13.8 Å². The van der Waals surface area contributed by atoms with E-state index in [0.29, 0.717) is 19.4 Å². The van der Waals surface area contributed by atoms with Gasteiger partial charge in [0.25, 0.3) is 0 Å². The average Bonchev–Trinajstić information content (AvgIpc) is 2.58. The van der Waals surface area contributed by atoms with Crippen LogP contribution in [-0.2, 0) is 9.53 Å². The van der Waals surface area contributed by atoms with Crippen LogP contribution in [0.5, 0.6) is 0 Å². The predicted octanol–water partition coefficient (Wildman–Crippen LogP) is 1.82. The Morgan fingerprint density at radius 1 is 1.12 bits per heavy atom. The number of carbonyl (C=O) groups excluding carboxylic acids is 1. The lowest BCUT2D eigenvalue weighted by molar-refractivity contribution is -0.186. The summed E-state index contributed by atoms with van der Waals surface area (Å²) >= 11 is 0. The molecule has 26 heavy (non-hydrogen) atoms. The molecule has 0 N–H and O–H groups in total. The third kappa shape index (κ3) is 3.27. The Hall–Kier alpha value is -0.790. The van der Waals surface area contributed by atoms with Crippen LogP contribution in [0, 0.1) is 5.92 Å². The number of alkyl halides is 2. The molecule has 3 aliphatic heterocycles. The van der Waals surface area contributed by atoms with Gasteiger partial charge in [0.15, 0.2) is 0 Å². The zero-order valence-corrected chi connectivity index (χ0v) is 15.9. The first-order valence-electron chi connectivity index (χ1n) is 10.0. The van der Waals surface area contributed by atoms with Crippen LogP contribution in [0.1, 0.15) is 39.5 Å². The van der Waals surface area contributed by atoms with E-state index >= 15 is 0 Å². The summed E-state index contributed by atoms with van der Waals surface area (Å²) in [5, 5.41) is 0. The molecule has 0 radical (unpaired) electrons. The van der Waals surface area contributed by atoms with E-state index in [1.165, 1.54) is 0 Å². The standard InChI is InChI=1S/C19H31F2N3O2/c1-14(2)17(25)22-9-16-10-26-8-7-24(16)18(11-22)12-23(13-18)15-3-5-19(20,21)6-4-15/h14-16H,3-13H2,1-2H3/t16-/m1/s1. The van der Waals surface area contributed by atoms with Gasteiger partial charge < -0.3 is 9.64 Å². The monoisotopic (exact) mass is 371 g/mol. The summed E-state index contributed by atoms with van der Waals surface area (Å²) in [6.07, 6.45) is 1.20. The van der Waals surface area contributed by atoms with Crippen molar-refractivity contribution < 1.29 is 18.3 Å². The summed E-state index contributed by atoms with van der Waals surface area (Å²) in [6.45, 7) is 9.52. The summed E-state index contributed by atoms with van der Waals surface area (Å²) < 4.78 is 32.6. The molecule has 7 heteroatoms. The van der Waals surface area contributed by atoms with E-state index in [4.69, 9.17) is 4.74 Å². The number of amides is 1. The van der Waals surface area contributed by atoms with E-state index in [1.807, 2.05) is 18.7 Å². The Bertz CT molecular complexity index is 541. The van der Waals surface area contributed by atoms with E-state index in [2.05, 4.69) is 9.80 Å². The normalized spacial score (nSPS) is 32.5. The van der Waals surface area contributed by atoms with Crippen LogP contribution in [0.4, 0.5) is 8.78 Å². The van der Waals surface area contributed by atoms with Crippen molar-refractivity contribution in [3.63, 3.8) is 0 Å². The second-order valence-electron chi connectivity index (χ2n) is 9.01. The Balaban J connectivity index is 1.45. The van der Waals surface area contributed by atoms with Crippen molar-refractivity contribution in [2.24, 2.45) is 5.92 Å². The van der Waals surface area contributed by atoms with Crippen LogP contribution in [-0.4, -0.2) is 90.1 Å². The predicted molar refractivity (Wildman–Crippen MR) is 94.2 cm³/mol. The molecule has 1 saturated carbocycles. The van der Waals surface area contributed by atoms with Crippen LogP contribution in [0.15, 0.2) is 0 Å². The van der Waals surface area contributed by atoms with Gasteiger partial charge in [0.05, 0.1) is 24.8 Å². The molecule has 4 fully saturated rings. The highest BCUT2D eigenvalue weighted by Gasteiger charge is 2.56. The van der Waals surface area contributed by atoms with Crippen molar-refractivity contribution in [3.8, 4) is 0 Å². The first-order valence-corrected chi connectivity index (χ1v) is 10.0. The molecule has 1 spiro atoms. The molecule has 0 aromatic heterocycles.